The second kappa shape index (κ2) is 8.98. The van der Waals surface area contributed by atoms with Gasteiger partial charge in [-0.3, -0.25) is 4.99 Å². The van der Waals surface area contributed by atoms with E-state index in [1.54, 1.807) is 0 Å². The third-order valence-electron chi connectivity index (χ3n) is 3.63. The van der Waals surface area contributed by atoms with Crippen molar-refractivity contribution in [3.05, 3.63) is 29.8 Å². The molecule has 2 rings (SSSR count). The van der Waals surface area contributed by atoms with Crippen molar-refractivity contribution in [3.63, 3.8) is 0 Å². The summed E-state index contributed by atoms with van der Waals surface area (Å²) in [6.45, 7) is 9.25. The van der Waals surface area contributed by atoms with Gasteiger partial charge >= 0.3 is 0 Å². The van der Waals surface area contributed by atoms with E-state index >= 15 is 0 Å². The summed E-state index contributed by atoms with van der Waals surface area (Å²) in [5.74, 6) is 0.953. The smallest absolute Gasteiger partial charge is 0.119 e. The van der Waals surface area contributed by atoms with Gasteiger partial charge in [-0.15, -0.1) is 12.4 Å². The lowest BCUT2D eigenvalue weighted by Gasteiger charge is -2.18. The van der Waals surface area contributed by atoms with Crippen LogP contribution in [0.5, 0.6) is 5.75 Å². The van der Waals surface area contributed by atoms with Gasteiger partial charge in [0.1, 0.15) is 12.4 Å². The number of hydrogen-bond donors (Lipinski definition) is 0. The standard InChI is InChI=1S/C16H24N2O.ClH/c1-3-18(4-2)12-13-19-15-9-7-14(8-10-15)16-6-5-11-17-16;/h7-10H,3-6,11-13H2,1-2H3;1H. The van der Waals surface area contributed by atoms with E-state index in [-0.39, 0.29) is 12.4 Å². The Bertz CT molecular complexity index is 413. The maximum Gasteiger partial charge on any atom is 0.119 e. The van der Waals surface area contributed by atoms with Crippen LogP contribution in [0.1, 0.15) is 32.3 Å². The molecule has 0 radical (unpaired) electrons. The minimum absolute atomic E-state index is 0. The molecule has 0 spiro atoms. The van der Waals surface area contributed by atoms with Crippen LogP contribution in [0.15, 0.2) is 29.3 Å². The summed E-state index contributed by atoms with van der Waals surface area (Å²) in [7, 11) is 0. The topological polar surface area (TPSA) is 24.8 Å². The SMILES string of the molecule is CCN(CC)CCOc1ccc(C2=NCCC2)cc1.Cl. The van der Waals surface area contributed by atoms with E-state index < -0.39 is 0 Å². The van der Waals surface area contributed by atoms with Gasteiger partial charge in [0, 0.05) is 18.8 Å². The average molecular weight is 297 g/mol. The first-order valence-corrected chi connectivity index (χ1v) is 7.32. The average Bonchev–Trinajstić information content (AvgIpc) is 2.98. The van der Waals surface area contributed by atoms with Gasteiger partial charge in [0.15, 0.2) is 0 Å². The van der Waals surface area contributed by atoms with Gasteiger partial charge in [0.05, 0.1) is 0 Å². The molecule has 4 heteroatoms. The van der Waals surface area contributed by atoms with Crippen LogP contribution in [0.4, 0.5) is 0 Å². The molecule has 0 aliphatic carbocycles. The second-order valence-electron chi connectivity index (χ2n) is 4.83. The molecule has 1 aromatic rings. The Morgan fingerprint density at radius 2 is 1.85 bits per heavy atom. The van der Waals surface area contributed by atoms with E-state index in [0.29, 0.717) is 0 Å². The van der Waals surface area contributed by atoms with E-state index in [2.05, 4.69) is 48.0 Å². The number of halogens is 1. The number of rotatable bonds is 7. The molecular weight excluding hydrogens is 272 g/mol. The van der Waals surface area contributed by atoms with Gasteiger partial charge in [0.25, 0.3) is 0 Å². The highest BCUT2D eigenvalue weighted by atomic mass is 35.5. The zero-order valence-electron chi connectivity index (χ0n) is 12.5. The fourth-order valence-electron chi connectivity index (χ4n) is 2.35. The summed E-state index contributed by atoms with van der Waals surface area (Å²) in [6.07, 6.45) is 2.31. The van der Waals surface area contributed by atoms with Gasteiger partial charge in [-0.1, -0.05) is 13.8 Å². The monoisotopic (exact) mass is 296 g/mol. The van der Waals surface area contributed by atoms with E-state index in [0.717, 1.165) is 45.0 Å². The third kappa shape index (κ3) is 4.80. The normalized spacial score (nSPS) is 14.1. The van der Waals surface area contributed by atoms with Gasteiger partial charge in [-0.25, -0.2) is 0 Å². The van der Waals surface area contributed by atoms with Gasteiger partial charge < -0.3 is 9.64 Å². The summed E-state index contributed by atoms with van der Waals surface area (Å²) in [5.41, 5.74) is 2.49. The Morgan fingerprint density at radius 1 is 1.15 bits per heavy atom. The molecule has 0 atom stereocenters. The van der Waals surface area contributed by atoms with E-state index in [4.69, 9.17) is 4.74 Å². The highest BCUT2D eigenvalue weighted by Crippen LogP contribution is 2.17. The quantitative estimate of drug-likeness (QED) is 0.770. The molecule has 1 heterocycles. The lowest BCUT2D eigenvalue weighted by Crippen LogP contribution is -2.27. The Labute approximate surface area is 128 Å². The lowest BCUT2D eigenvalue weighted by atomic mass is 10.1. The molecule has 0 aromatic heterocycles. The van der Waals surface area contributed by atoms with Crippen molar-refractivity contribution in [2.75, 3.05) is 32.8 Å². The molecule has 0 fully saturated rings. The van der Waals surface area contributed by atoms with Crippen molar-refractivity contribution < 1.29 is 4.74 Å². The molecule has 1 aliphatic heterocycles. The molecule has 0 amide bonds. The molecule has 0 saturated heterocycles. The van der Waals surface area contributed by atoms with Crippen LogP contribution < -0.4 is 4.74 Å². The minimum Gasteiger partial charge on any atom is -0.492 e. The van der Waals surface area contributed by atoms with Crippen LogP contribution in [-0.4, -0.2) is 43.4 Å². The molecule has 3 nitrogen and oxygen atoms in total. The Hall–Kier alpha value is -1.06. The molecule has 20 heavy (non-hydrogen) atoms. The number of ether oxygens (including phenoxy) is 1. The van der Waals surface area contributed by atoms with Crippen LogP contribution in [0, 0.1) is 0 Å². The van der Waals surface area contributed by atoms with Crippen molar-refractivity contribution in [1.29, 1.82) is 0 Å². The fourth-order valence-corrected chi connectivity index (χ4v) is 2.35. The summed E-state index contributed by atoms with van der Waals surface area (Å²) < 4.78 is 5.78. The molecule has 1 aliphatic rings. The maximum absolute atomic E-state index is 5.78. The van der Waals surface area contributed by atoms with E-state index in [1.807, 2.05) is 0 Å². The molecule has 0 unspecified atom stereocenters. The molecule has 112 valence electrons. The second-order valence-corrected chi connectivity index (χ2v) is 4.83. The Balaban J connectivity index is 0.00000200. The summed E-state index contributed by atoms with van der Waals surface area (Å²) in [4.78, 5) is 6.88. The lowest BCUT2D eigenvalue weighted by molar-refractivity contribution is 0.223. The van der Waals surface area contributed by atoms with Crippen molar-refractivity contribution in [3.8, 4) is 5.75 Å². The van der Waals surface area contributed by atoms with Crippen molar-refractivity contribution >= 4 is 18.1 Å². The number of aliphatic imine (C=N–C) groups is 1. The zero-order chi connectivity index (χ0) is 13.5. The maximum atomic E-state index is 5.78. The van der Waals surface area contributed by atoms with Crippen LogP contribution in [0.2, 0.25) is 0 Å². The van der Waals surface area contributed by atoms with E-state index in [1.165, 1.54) is 17.7 Å². The highest BCUT2D eigenvalue weighted by Gasteiger charge is 2.08. The van der Waals surface area contributed by atoms with Gasteiger partial charge in [-0.05, 0) is 55.8 Å². The summed E-state index contributed by atoms with van der Waals surface area (Å²) >= 11 is 0. The first-order chi connectivity index (χ1) is 9.33. The predicted molar refractivity (Wildman–Crippen MR) is 87.6 cm³/mol. The summed E-state index contributed by atoms with van der Waals surface area (Å²) in [5, 5.41) is 0. The van der Waals surface area contributed by atoms with Crippen molar-refractivity contribution in [2.45, 2.75) is 26.7 Å². The summed E-state index contributed by atoms with van der Waals surface area (Å²) in [6, 6.07) is 8.35. The number of hydrogen-bond acceptors (Lipinski definition) is 3. The highest BCUT2D eigenvalue weighted by molar-refractivity contribution is 6.01. The predicted octanol–water partition coefficient (Wildman–Crippen LogP) is 3.41. The minimum atomic E-state index is 0. The number of benzene rings is 1. The molecule has 0 bridgehead atoms. The van der Waals surface area contributed by atoms with Crippen LogP contribution in [-0.2, 0) is 0 Å². The number of nitrogens with zero attached hydrogens (tertiary/aromatic N) is 2. The molecule has 0 saturated carbocycles. The molecule has 1 aromatic carbocycles. The van der Waals surface area contributed by atoms with Crippen LogP contribution >= 0.6 is 12.4 Å². The number of likely N-dealkylation sites (N-methyl/N-ethyl adjacent to an activating group) is 1. The van der Waals surface area contributed by atoms with Crippen molar-refractivity contribution in [2.24, 2.45) is 4.99 Å². The van der Waals surface area contributed by atoms with E-state index in [9.17, 15) is 0 Å². The third-order valence-corrected chi connectivity index (χ3v) is 3.63. The first-order valence-electron chi connectivity index (χ1n) is 7.32. The Morgan fingerprint density at radius 3 is 2.40 bits per heavy atom. The molecule has 0 N–H and O–H groups in total. The van der Waals surface area contributed by atoms with Crippen LogP contribution in [0.3, 0.4) is 0 Å². The molecular formula is C16H25ClN2O. The first kappa shape index (κ1) is 17.0. The van der Waals surface area contributed by atoms with Gasteiger partial charge in [-0.2, -0.15) is 0 Å². The zero-order valence-corrected chi connectivity index (χ0v) is 13.3. The van der Waals surface area contributed by atoms with Crippen LogP contribution in [0.25, 0.3) is 0 Å². The van der Waals surface area contributed by atoms with Crippen molar-refractivity contribution in [1.82, 2.24) is 4.90 Å². The fraction of sp³-hybridized carbons (Fsp3) is 0.562. The largest absolute Gasteiger partial charge is 0.492 e. The Kier molecular flexibility index (Phi) is 7.63. The van der Waals surface area contributed by atoms with Gasteiger partial charge in [0.2, 0.25) is 0 Å².